The number of esters is 1. The molecule has 0 fully saturated rings. The van der Waals surface area contributed by atoms with Crippen molar-refractivity contribution in [2.45, 2.75) is 283 Å². The van der Waals surface area contributed by atoms with Gasteiger partial charge in [0.15, 0.2) is 0 Å². The maximum absolute atomic E-state index is 13.5. The Bertz CT molecular complexity index is 1500. The Morgan fingerprint density at radius 3 is 1.42 bits per heavy atom. The predicted octanol–water partition coefficient (Wildman–Crippen LogP) is 18.8. The quantitative estimate of drug-likeness (QED) is 0.0156. The molecule has 3 unspecified atom stereocenters. The van der Waals surface area contributed by atoms with Gasteiger partial charge in [-0.25, -0.2) is 4.57 Å². The Hall–Kier alpha value is -2.55. The van der Waals surface area contributed by atoms with Gasteiger partial charge in [0.25, 0.3) is 0 Å². The van der Waals surface area contributed by atoms with E-state index in [4.69, 9.17) is 13.8 Å². The number of rotatable bonds is 55. The van der Waals surface area contributed by atoms with E-state index in [1.165, 1.54) is 148 Å². The summed E-state index contributed by atoms with van der Waals surface area (Å²) in [6.45, 7) is 6.85. The number of nitrogens with zero attached hydrogens (tertiary/aromatic N) is 1. The first-order valence-corrected chi connectivity index (χ1v) is 32.3. The van der Waals surface area contributed by atoms with Crippen molar-refractivity contribution in [2.75, 3.05) is 40.9 Å². The first kappa shape index (κ1) is 71.5. The van der Waals surface area contributed by atoms with Gasteiger partial charge in [-0.15, -0.1) is 0 Å². The van der Waals surface area contributed by atoms with E-state index in [1.54, 1.807) is 0 Å². The highest BCUT2D eigenvalue weighted by Gasteiger charge is 2.30. The van der Waals surface area contributed by atoms with Crippen molar-refractivity contribution in [1.29, 1.82) is 0 Å². The molecule has 0 spiro atoms. The molecule has 2 N–H and O–H groups in total. The first-order valence-electron chi connectivity index (χ1n) is 30.8. The third-order valence-corrected chi connectivity index (χ3v) is 14.4. The second-order valence-corrected chi connectivity index (χ2v) is 23.4. The number of nitrogens with one attached hydrogen (secondary N) is 1. The summed E-state index contributed by atoms with van der Waals surface area (Å²) in [6, 6.07) is -0.858. The molecule has 0 bridgehead atoms. The van der Waals surface area contributed by atoms with Crippen molar-refractivity contribution in [2.24, 2.45) is 0 Å². The molecule has 9 nitrogen and oxygen atoms in total. The number of amides is 1. The van der Waals surface area contributed by atoms with Crippen LogP contribution in [0.2, 0.25) is 0 Å². The van der Waals surface area contributed by atoms with Crippen LogP contribution in [0, 0.1) is 0 Å². The van der Waals surface area contributed by atoms with Crippen LogP contribution in [-0.4, -0.2) is 74.3 Å². The normalized spacial score (nSPS) is 14.2. The van der Waals surface area contributed by atoms with Crippen LogP contribution in [0.1, 0.15) is 271 Å². The lowest BCUT2D eigenvalue weighted by Gasteiger charge is -2.27. The van der Waals surface area contributed by atoms with Gasteiger partial charge in [0.1, 0.15) is 19.3 Å². The molecule has 0 aromatic carbocycles. The van der Waals surface area contributed by atoms with Crippen LogP contribution in [0.3, 0.4) is 0 Å². The number of phosphoric acid groups is 1. The zero-order valence-electron chi connectivity index (χ0n) is 49.1. The summed E-state index contributed by atoms with van der Waals surface area (Å²) < 4.78 is 30.6. The number of unbranched alkanes of at least 4 members (excludes halogenated alkanes) is 31. The Balaban J connectivity index is 5.17. The summed E-state index contributed by atoms with van der Waals surface area (Å²) in [4.78, 5) is 37.6. The van der Waals surface area contributed by atoms with Gasteiger partial charge in [-0.05, 0) is 83.1 Å². The number of likely N-dealkylation sites (N-methyl/N-ethyl adjacent to an activating group) is 1. The zero-order valence-corrected chi connectivity index (χ0v) is 50.0. The number of hydrogen-bond donors (Lipinski definition) is 2. The SMILES string of the molecule is CC/C=C/C=C/C=C\CCCCCCCC(=O)OC(/C=C\CCCCCCCCCCCC)C(COP(=O)(O)OCC[N+](C)(C)C)NC(=O)CCCCCCCCCCCCCCC/C=C\C/C=C\CCCCC. The molecule has 0 saturated heterocycles. The Morgan fingerprint density at radius 1 is 0.500 bits per heavy atom. The minimum Gasteiger partial charge on any atom is -0.456 e. The summed E-state index contributed by atoms with van der Waals surface area (Å²) in [6.07, 6.45) is 69.0. The third kappa shape index (κ3) is 54.2. The Morgan fingerprint density at radius 2 is 0.919 bits per heavy atom. The van der Waals surface area contributed by atoms with Gasteiger partial charge in [-0.3, -0.25) is 18.6 Å². The number of hydrogen-bond acceptors (Lipinski definition) is 6. The summed E-state index contributed by atoms with van der Waals surface area (Å²) in [7, 11) is 1.48. The van der Waals surface area contributed by atoms with Crippen LogP contribution in [0.15, 0.2) is 72.9 Å². The minimum absolute atomic E-state index is 0.0347. The molecule has 430 valence electrons. The van der Waals surface area contributed by atoms with Crippen molar-refractivity contribution in [3.05, 3.63) is 72.9 Å². The molecule has 0 aromatic rings. The zero-order chi connectivity index (χ0) is 54.3. The molecule has 0 radical (unpaired) electrons. The van der Waals surface area contributed by atoms with Crippen LogP contribution in [0.25, 0.3) is 0 Å². The largest absolute Gasteiger partial charge is 0.472 e. The van der Waals surface area contributed by atoms with Crippen molar-refractivity contribution >= 4 is 19.7 Å². The van der Waals surface area contributed by atoms with Gasteiger partial charge >= 0.3 is 13.8 Å². The van der Waals surface area contributed by atoms with E-state index in [0.717, 1.165) is 83.5 Å². The molecule has 0 aliphatic heterocycles. The highest BCUT2D eigenvalue weighted by atomic mass is 31.2. The van der Waals surface area contributed by atoms with E-state index in [1.807, 2.05) is 33.3 Å². The monoisotopic (exact) mass is 1060 g/mol. The third-order valence-electron chi connectivity index (χ3n) is 13.4. The fourth-order valence-electron chi connectivity index (χ4n) is 8.68. The molecule has 0 aromatic heterocycles. The number of allylic oxidation sites excluding steroid dienone is 11. The van der Waals surface area contributed by atoms with Gasteiger partial charge in [-0.2, -0.15) is 0 Å². The van der Waals surface area contributed by atoms with Crippen molar-refractivity contribution < 1.29 is 37.3 Å². The molecule has 0 saturated carbocycles. The number of phosphoric ester groups is 1. The number of carbonyl (C=O) groups excluding carboxylic acids is 2. The highest BCUT2D eigenvalue weighted by molar-refractivity contribution is 7.47. The van der Waals surface area contributed by atoms with E-state index in [0.29, 0.717) is 23.9 Å². The second kappa shape index (κ2) is 53.8. The fourth-order valence-corrected chi connectivity index (χ4v) is 9.41. The van der Waals surface area contributed by atoms with E-state index >= 15 is 0 Å². The molecule has 1 amide bonds. The lowest BCUT2D eigenvalue weighted by molar-refractivity contribution is -0.870. The van der Waals surface area contributed by atoms with Gasteiger partial charge in [0.2, 0.25) is 5.91 Å². The molecule has 74 heavy (non-hydrogen) atoms. The molecule has 0 aliphatic rings. The maximum atomic E-state index is 13.5. The first-order chi connectivity index (χ1) is 35.9. The molecular formula is C64H118N2O7P+. The van der Waals surface area contributed by atoms with E-state index in [2.05, 4.69) is 86.8 Å². The summed E-state index contributed by atoms with van der Waals surface area (Å²) in [5, 5.41) is 3.05. The predicted molar refractivity (Wildman–Crippen MR) is 318 cm³/mol. The lowest BCUT2D eigenvalue weighted by Crippen LogP contribution is -2.47. The fraction of sp³-hybridized carbons (Fsp3) is 0.781. The van der Waals surface area contributed by atoms with Crippen molar-refractivity contribution in [3.8, 4) is 0 Å². The molecule has 10 heteroatoms. The molecule has 0 rings (SSSR count). The molecule has 3 atom stereocenters. The number of ether oxygens (including phenoxy) is 1. The minimum atomic E-state index is -4.45. The van der Waals surface area contributed by atoms with Crippen molar-refractivity contribution in [3.63, 3.8) is 0 Å². The number of quaternary nitrogens is 1. The lowest BCUT2D eigenvalue weighted by atomic mass is 10.0. The molecule has 0 aliphatic carbocycles. The van der Waals surface area contributed by atoms with Gasteiger partial charge in [0, 0.05) is 12.8 Å². The topological polar surface area (TPSA) is 111 Å². The van der Waals surface area contributed by atoms with Gasteiger partial charge < -0.3 is 19.4 Å². The Labute approximate surface area is 457 Å². The van der Waals surface area contributed by atoms with E-state index in [9.17, 15) is 19.0 Å². The van der Waals surface area contributed by atoms with Gasteiger partial charge in [-0.1, -0.05) is 248 Å². The van der Waals surface area contributed by atoms with Crippen LogP contribution in [0.5, 0.6) is 0 Å². The average molecular weight is 1060 g/mol. The summed E-state index contributed by atoms with van der Waals surface area (Å²) >= 11 is 0. The highest BCUT2D eigenvalue weighted by Crippen LogP contribution is 2.43. The van der Waals surface area contributed by atoms with Crippen LogP contribution in [0.4, 0.5) is 0 Å². The average Bonchev–Trinajstić information content (AvgIpc) is 3.36. The van der Waals surface area contributed by atoms with Crippen LogP contribution >= 0.6 is 7.82 Å². The summed E-state index contributed by atoms with van der Waals surface area (Å²) in [5.41, 5.74) is 0. The maximum Gasteiger partial charge on any atom is 0.472 e. The smallest absolute Gasteiger partial charge is 0.456 e. The van der Waals surface area contributed by atoms with E-state index in [-0.39, 0.29) is 31.5 Å². The van der Waals surface area contributed by atoms with E-state index < -0.39 is 20.0 Å². The standard InChI is InChI=1S/C64H117N2O7P/c1-7-10-13-16-19-22-25-28-29-30-31-32-33-34-35-36-37-39-41-44-47-50-53-56-63(67)65-61(60-72-74(69,70)71-59-58-66(4,5)6)62(55-52-49-46-43-40-27-24-21-18-15-12-9-3)73-64(68)57-54-51-48-45-42-38-26-23-20-17-14-11-8-2/h11,14,17,19-20,22-23,26,28-29,52,55,61-62H,7-10,12-13,15-16,18,21,24-25,27,30-51,53-54,56-60H2,1-6H3,(H-,65,67,69,70)/p+1/b14-11+,20-17+,22-19-,26-23-,29-28-,55-52-. The number of carbonyl (C=O) groups is 2. The Kier molecular flexibility index (Phi) is 52.0. The van der Waals surface area contributed by atoms with Crippen molar-refractivity contribution in [1.82, 2.24) is 5.32 Å². The van der Waals surface area contributed by atoms with Gasteiger partial charge in [0.05, 0.1) is 33.8 Å². The second-order valence-electron chi connectivity index (χ2n) is 21.9. The van der Waals surface area contributed by atoms with Crippen LogP contribution in [-0.2, 0) is 27.9 Å². The summed E-state index contributed by atoms with van der Waals surface area (Å²) in [5.74, 6) is -0.528. The molecular weight excluding hydrogens is 940 g/mol. The molecule has 0 heterocycles. The van der Waals surface area contributed by atoms with Crippen LogP contribution < -0.4 is 5.32 Å².